The van der Waals surface area contributed by atoms with Crippen LogP contribution in [0.4, 0.5) is 0 Å². The number of hydrogen-bond acceptors (Lipinski definition) is 0. The van der Waals surface area contributed by atoms with E-state index in [9.17, 15) is 0 Å². The van der Waals surface area contributed by atoms with Crippen molar-refractivity contribution in [2.24, 2.45) is 34.5 Å². The third-order valence-electron chi connectivity index (χ3n) is 20.4. The van der Waals surface area contributed by atoms with Gasteiger partial charge >= 0.3 is 0 Å². The van der Waals surface area contributed by atoms with E-state index in [0.29, 0.717) is 10.8 Å². The highest BCUT2D eigenvalue weighted by Crippen LogP contribution is 2.79. The summed E-state index contributed by atoms with van der Waals surface area (Å²) in [6, 6.07) is 76.0. The molecule has 0 saturated heterocycles. The maximum atomic E-state index is 2.68. The summed E-state index contributed by atoms with van der Waals surface area (Å²) in [6.07, 6.45) is 45.1. The van der Waals surface area contributed by atoms with E-state index >= 15 is 0 Å². The Morgan fingerprint density at radius 3 is 0.787 bits per heavy atom. The van der Waals surface area contributed by atoms with Crippen molar-refractivity contribution in [3.63, 3.8) is 0 Å². The first-order chi connectivity index (χ1) is 39.4. The van der Waals surface area contributed by atoms with Crippen molar-refractivity contribution in [3.05, 3.63) is 284 Å². The van der Waals surface area contributed by atoms with Gasteiger partial charge in [-0.3, -0.25) is 0 Å². The summed E-state index contributed by atoms with van der Waals surface area (Å²) in [6.45, 7) is 0. The topological polar surface area (TPSA) is 0 Å². The summed E-state index contributed by atoms with van der Waals surface area (Å²) >= 11 is 0. The molecule has 394 valence electrons. The van der Waals surface area contributed by atoms with Gasteiger partial charge in [-0.1, -0.05) is 267 Å². The number of benzene rings is 8. The van der Waals surface area contributed by atoms with Crippen LogP contribution in [0.1, 0.15) is 155 Å². The van der Waals surface area contributed by atoms with Crippen molar-refractivity contribution in [3.8, 4) is 0 Å². The highest BCUT2D eigenvalue weighted by atomic mass is 14.7. The zero-order valence-electron chi connectivity index (χ0n) is 46.4. The van der Waals surface area contributed by atoms with Crippen LogP contribution in [-0.4, -0.2) is 0 Å². The average molecular weight is 1040 g/mol. The Kier molecular flexibility index (Phi) is 13.5. The van der Waals surface area contributed by atoms with E-state index in [1.807, 2.05) is 0 Å². The molecule has 16 rings (SSSR count). The van der Waals surface area contributed by atoms with Gasteiger partial charge in [-0.05, 0) is 212 Å². The zero-order valence-corrected chi connectivity index (χ0v) is 46.4. The van der Waals surface area contributed by atoms with Crippen LogP contribution in [0.15, 0.2) is 206 Å². The number of rotatable bonds is 15. The molecule has 4 unspecified atom stereocenters. The first-order valence-corrected chi connectivity index (χ1v) is 30.1. The lowest BCUT2D eigenvalue weighted by Crippen LogP contribution is -2.66. The maximum Gasteiger partial charge on any atom is -0.00299 e. The zero-order chi connectivity index (χ0) is 53.4. The molecule has 8 aromatic rings. The van der Waals surface area contributed by atoms with Gasteiger partial charge in [0.05, 0.1) is 0 Å². The van der Waals surface area contributed by atoms with Crippen LogP contribution in [0.2, 0.25) is 0 Å². The van der Waals surface area contributed by atoms with Gasteiger partial charge in [-0.15, -0.1) is 0 Å². The normalized spacial score (nSPS) is 27.6. The van der Waals surface area contributed by atoms with Gasteiger partial charge in [0.2, 0.25) is 0 Å². The van der Waals surface area contributed by atoms with Crippen LogP contribution in [0, 0.1) is 34.5 Å². The average Bonchev–Trinajstić information content (AvgIpc) is 1.59. The molecule has 0 heteroatoms. The van der Waals surface area contributed by atoms with Crippen molar-refractivity contribution in [2.75, 3.05) is 0 Å². The summed E-state index contributed by atoms with van der Waals surface area (Å²) in [5.74, 6) is 3.01. The van der Waals surface area contributed by atoms with Gasteiger partial charge in [-0.25, -0.2) is 0 Å². The molecule has 0 nitrogen and oxygen atoms in total. The quantitative estimate of drug-likeness (QED) is 0.0898. The Morgan fingerprint density at radius 2 is 0.500 bits per heavy atom. The molecule has 0 N–H and O–H groups in total. The summed E-state index contributed by atoms with van der Waals surface area (Å²) < 4.78 is 0. The van der Waals surface area contributed by atoms with E-state index in [4.69, 9.17) is 0 Å². The SMILES string of the molecule is C(=Cc1cc(C=Cc2ccccc2)c(C=Cc2ccccc2)c(C23CC4CC(C2)CC(C25CC6CC(CC(c7cc(C=Cc8ccccc8)cc(C=Cc8ccccc8)c7C=Cc7ccccc7)(C6)C2)C5)(C4)C3)c1)c1ccccc1. The molecule has 8 aliphatic carbocycles. The molecule has 8 aliphatic rings. The first kappa shape index (κ1) is 50.4. The van der Waals surface area contributed by atoms with E-state index in [2.05, 4.69) is 279 Å². The molecule has 80 heavy (non-hydrogen) atoms. The highest BCUT2D eigenvalue weighted by Gasteiger charge is 2.70. The summed E-state index contributed by atoms with van der Waals surface area (Å²) in [4.78, 5) is 0. The minimum Gasteiger partial charge on any atom is -0.0622 e. The second kappa shape index (κ2) is 21.3. The lowest BCUT2D eigenvalue weighted by Gasteiger charge is -2.74. The highest BCUT2D eigenvalue weighted by molar-refractivity contribution is 5.86. The predicted molar refractivity (Wildman–Crippen MR) is 343 cm³/mol. The second-order valence-corrected chi connectivity index (χ2v) is 25.7. The van der Waals surface area contributed by atoms with Crippen molar-refractivity contribution in [1.82, 2.24) is 0 Å². The molecule has 4 atom stereocenters. The van der Waals surface area contributed by atoms with E-state index in [-0.39, 0.29) is 10.8 Å². The van der Waals surface area contributed by atoms with Crippen LogP contribution in [-0.2, 0) is 10.8 Å². The van der Waals surface area contributed by atoms with Crippen LogP contribution in [0.5, 0.6) is 0 Å². The van der Waals surface area contributed by atoms with Crippen LogP contribution >= 0.6 is 0 Å². The monoisotopic (exact) mass is 1030 g/mol. The largest absolute Gasteiger partial charge is 0.0622 e. The van der Waals surface area contributed by atoms with Gasteiger partial charge in [0.1, 0.15) is 0 Å². The second-order valence-electron chi connectivity index (χ2n) is 25.7. The molecular weight excluding hydrogens is 961 g/mol. The molecule has 0 aromatic heterocycles. The van der Waals surface area contributed by atoms with Crippen molar-refractivity contribution >= 4 is 72.9 Å². The molecule has 8 fully saturated rings. The fourth-order valence-corrected chi connectivity index (χ4v) is 18.0. The van der Waals surface area contributed by atoms with Crippen molar-refractivity contribution < 1.29 is 0 Å². The standard InChI is InChI=1S/C80H74/c1-7-19-59(20-8-1)31-33-65-45-71(39-35-61-23-11-3-12-24-61)73(41-37-63-27-15-5-16-28-63)75(47-65)77-49-67-43-68(50-77)54-79(53-67,57-77)80-55-69-44-70(56-80)52-78(51-69,58-80)76-48-66(34-32-60-21-9-2-10-22-60)46-72(40-36-62-25-13-4-14-26-62)74(76)42-38-64-29-17-6-18-30-64/h1-42,45-48,67-70H,43-44,49-58H2. The van der Waals surface area contributed by atoms with E-state index < -0.39 is 0 Å². The predicted octanol–water partition coefficient (Wildman–Crippen LogP) is 21.1. The third kappa shape index (κ3) is 10.0. The Bertz CT molecular complexity index is 3390. The van der Waals surface area contributed by atoms with Gasteiger partial charge in [0.15, 0.2) is 0 Å². The molecule has 0 radical (unpaired) electrons. The Labute approximate surface area is 476 Å². The van der Waals surface area contributed by atoms with E-state index in [1.54, 1.807) is 11.1 Å². The fraction of sp³-hybridized carbons (Fsp3) is 0.250. The van der Waals surface area contributed by atoms with Gasteiger partial charge in [-0.2, -0.15) is 0 Å². The smallest absolute Gasteiger partial charge is 0.00299 e. The van der Waals surface area contributed by atoms with E-state index in [0.717, 1.165) is 23.7 Å². The van der Waals surface area contributed by atoms with Crippen molar-refractivity contribution in [2.45, 2.75) is 87.9 Å². The van der Waals surface area contributed by atoms with Crippen LogP contribution in [0.3, 0.4) is 0 Å². The van der Waals surface area contributed by atoms with Crippen LogP contribution in [0.25, 0.3) is 72.9 Å². The number of hydrogen-bond donors (Lipinski definition) is 0. The maximum absolute atomic E-state index is 2.68. The molecule has 8 saturated carbocycles. The molecule has 0 aliphatic heterocycles. The molecule has 0 amide bonds. The Hall–Kier alpha value is -7.80. The molecular formula is C80H74. The molecule has 0 heterocycles. The minimum absolute atomic E-state index is 0.101. The van der Waals surface area contributed by atoms with Gasteiger partial charge < -0.3 is 0 Å². The van der Waals surface area contributed by atoms with Gasteiger partial charge in [0, 0.05) is 0 Å². The first-order valence-electron chi connectivity index (χ1n) is 30.1. The lowest BCUT2D eigenvalue weighted by molar-refractivity contribution is -0.212. The molecule has 8 bridgehead atoms. The summed E-state index contributed by atoms with van der Waals surface area (Å²) in [7, 11) is 0. The summed E-state index contributed by atoms with van der Waals surface area (Å²) in [5, 5.41) is 0. The Balaban J connectivity index is 0.919. The molecule has 0 spiro atoms. The minimum atomic E-state index is 0.101. The van der Waals surface area contributed by atoms with Gasteiger partial charge in [0.25, 0.3) is 0 Å². The fourth-order valence-electron chi connectivity index (χ4n) is 18.0. The Morgan fingerprint density at radius 1 is 0.250 bits per heavy atom. The molecule has 8 aromatic carbocycles. The lowest BCUT2D eigenvalue weighted by atomic mass is 9.30. The summed E-state index contributed by atoms with van der Waals surface area (Å²) in [5.41, 5.74) is 19.6. The third-order valence-corrected chi connectivity index (χ3v) is 20.4. The van der Waals surface area contributed by atoms with Crippen LogP contribution < -0.4 is 0 Å². The van der Waals surface area contributed by atoms with E-state index in [1.165, 1.54) is 144 Å². The van der Waals surface area contributed by atoms with Crippen molar-refractivity contribution in [1.29, 1.82) is 0 Å².